The first-order chi connectivity index (χ1) is 7.99. The summed E-state index contributed by atoms with van der Waals surface area (Å²) >= 11 is 0. The number of rotatable bonds is 3. The zero-order valence-corrected chi connectivity index (χ0v) is 10.7. The molecule has 96 valence electrons. The van der Waals surface area contributed by atoms with Crippen LogP contribution < -0.4 is 5.73 Å². The van der Waals surface area contributed by atoms with Gasteiger partial charge in [-0.25, -0.2) is 13.4 Å². The predicted molar refractivity (Wildman–Crippen MR) is 64.2 cm³/mol. The Balaban J connectivity index is 2.09. The molecule has 0 saturated carbocycles. The molecule has 2 heterocycles. The average molecular weight is 258 g/mol. The molecule has 0 bridgehead atoms. The van der Waals surface area contributed by atoms with Crippen LogP contribution >= 0.6 is 0 Å². The first-order valence-electron chi connectivity index (χ1n) is 5.90. The summed E-state index contributed by atoms with van der Waals surface area (Å²) in [6.45, 7) is 1.82. The molecule has 5 nitrogen and oxygen atoms in total. The van der Waals surface area contributed by atoms with Crippen LogP contribution in [0.1, 0.15) is 43.8 Å². The van der Waals surface area contributed by atoms with Crippen molar-refractivity contribution in [1.29, 1.82) is 0 Å². The van der Waals surface area contributed by atoms with Crippen molar-refractivity contribution in [2.75, 3.05) is 5.75 Å². The Morgan fingerprint density at radius 2 is 2.35 bits per heavy atom. The van der Waals surface area contributed by atoms with Crippen LogP contribution in [0.3, 0.4) is 0 Å². The Kier molecular flexibility index (Phi) is 3.53. The minimum Gasteiger partial charge on any atom is -0.449 e. The van der Waals surface area contributed by atoms with E-state index in [2.05, 4.69) is 4.98 Å². The van der Waals surface area contributed by atoms with Crippen molar-refractivity contribution < 1.29 is 12.8 Å². The first kappa shape index (κ1) is 12.6. The molecular weight excluding hydrogens is 240 g/mol. The van der Waals surface area contributed by atoms with E-state index in [0.29, 0.717) is 30.2 Å². The lowest BCUT2D eigenvalue weighted by Crippen LogP contribution is -2.30. The van der Waals surface area contributed by atoms with Gasteiger partial charge in [-0.3, -0.25) is 0 Å². The Hall–Kier alpha value is -0.880. The zero-order valence-electron chi connectivity index (χ0n) is 9.93. The number of sulfone groups is 1. The largest absolute Gasteiger partial charge is 0.449 e. The maximum Gasteiger partial charge on any atom is 0.195 e. The summed E-state index contributed by atoms with van der Waals surface area (Å²) in [4.78, 5) is 4.21. The van der Waals surface area contributed by atoms with Gasteiger partial charge in [0.05, 0.1) is 16.7 Å². The van der Waals surface area contributed by atoms with E-state index in [9.17, 15) is 8.42 Å². The van der Waals surface area contributed by atoms with E-state index < -0.39 is 9.84 Å². The normalized spacial score (nSPS) is 25.6. The lowest BCUT2D eigenvalue weighted by atomic mass is 10.1. The third-order valence-electron chi connectivity index (χ3n) is 3.15. The standard InChI is InChI=1S/C11H18N2O3S/c1-8(12)10-7-16-11(13-10)6-9-4-2-3-5-17(9,14)15/h7-9H,2-6,12H2,1H3. The summed E-state index contributed by atoms with van der Waals surface area (Å²) in [5.74, 6) is 0.770. The van der Waals surface area contributed by atoms with Crippen LogP contribution in [-0.4, -0.2) is 24.4 Å². The second-order valence-corrected chi connectivity index (χ2v) is 7.04. The van der Waals surface area contributed by atoms with Crippen LogP contribution in [-0.2, 0) is 16.3 Å². The number of hydrogen-bond donors (Lipinski definition) is 1. The van der Waals surface area contributed by atoms with Gasteiger partial charge in [-0.15, -0.1) is 0 Å². The van der Waals surface area contributed by atoms with Crippen molar-refractivity contribution in [2.45, 2.75) is 43.9 Å². The maximum atomic E-state index is 11.8. The van der Waals surface area contributed by atoms with Gasteiger partial charge in [-0.05, 0) is 19.8 Å². The van der Waals surface area contributed by atoms with Gasteiger partial charge in [0.2, 0.25) is 0 Å². The summed E-state index contributed by atoms with van der Waals surface area (Å²) in [6.07, 6.45) is 4.32. The molecule has 0 aromatic carbocycles. The Bertz CT molecular complexity index is 479. The summed E-state index contributed by atoms with van der Waals surface area (Å²) in [5.41, 5.74) is 6.35. The van der Waals surface area contributed by atoms with E-state index >= 15 is 0 Å². The number of hydrogen-bond acceptors (Lipinski definition) is 5. The highest BCUT2D eigenvalue weighted by Crippen LogP contribution is 2.23. The molecule has 2 rings (SSSR count). The third kappa shape index (κ3) is 2.87. The molecule has 1 fully saturated rings. The molecule has 1 saturated heterocycles. The number of oxazole rings is 1. The van der Waals surface area contributed by atoms with Gasteiger partial charge in [-0.1, -0.05) is 6.42 Å². The zero-order chi connectivity index (χ0) is 12.5. The van der Waals surface area contributed by atoms with Crippen LogP contribution in [0.4, 0.5) is 0 Å². The molecule has 6 heteroatoms. The van der Waals surface area contributed by atoms with E-state index in [1.807, 2.05) is 6.92 Å². The molecule has 1 aromatic heterocycles. The average Bonchev–Trinajstić information content (AvgIpc) is 2.70. The van der Waals surface area contributed by atoms with E-state index in [4.69, 9.17) is 10.2 Å². The lowest BCUT2D eigenvalue weighted by Gasteiger charge is -2.20. The van der Waals surface area contributed by atoms with Crippen LogP contribution in [0.15, 0.2) is 10.7 Å². The van der Waals surface area contributed by atoms with Gasteiger partial charge in [-0.2, -0.15) is 0 Å². The molecule has 0 radical (unpaired) electrons. The van der Waals surface area contributed by atoms with Crippen LogP contribution in [0.25, 0.3) is 0 Å². The highest BCUT2D eigenvalue weighted by atomic mass is 32.2. The van der Waals surface area contributed by atoms with Crippen molar-refractivity contribution in [1.82, 2.24) is 4.98 Å². The molecule has 2 atom stereocenters. The third-order valence-corrected chi connectivity index (χ3v) is 5.43. The quantitative estimate of drug-likeness (QED) is 0.880. The van der Waals surface area contributed by atoms with Crippen molar-refractivity contribution in [2.24, 2.45) is 5.73 Å². The van der Waals surface area contributed by atoms with Crippen molar-refractivity contribution in [3.63, 3.8) is 0 Å². The molecule has 1 aliphatic rings. The molecule has 2 N–H and O–H groups in total. The minimum absolute atomic E-state index is 0.185. The Morgan fingerprint density at radius 3 is 2.94 bits per heavy atom. The van der Waals surface area contributed by atoms with Gasteiger partial charge in [0, 0.05) is 12.5 Å². The molecule has 2 unspecified atom stereocenters. The maximum absolute atomic E-state index is 11.8. The van der Waals surface area contributed by atoms with Gasteiger partial charge in [0.25, 0.3) is 0 Å². The van der Waals surface area contributed by atoms with E-state index in [-0.39, 0.29) is 11.3 Å². The van der Waals surface area contributed by atoms with Gasteiger partial charge in [0.15, 0.2) is 15.7 Å². The SMILES string of the molecule is CC(N)c1coc(CC2CCCCS2(=O)=O)n1. The molecule has 0 amide bonds. The topological polar surface area (TPSA) is 86.2 Å². The first-order valence-corrected chi connectivity index (χ1v) is 7.62. The van der Waals surface area contributed by atoms with Gasteiger partial charge < -0.3 is 10.2 Å². The summed E-state index contributed by atoms with van der Waals surface area (Å²) in [6, 6.07) is -0.185. The second kappa shape index (κ2) is 4.78. The van der Waals surface area contributed by atoms with Crippen molar-refractivity contribution in [3.05, 3.63) is 17.8 Å². The van der Waals surface area contributed by atoms with Crippen molar-refractivity contribution >= 4 is 9.84 Å². The van der Waals surface area contributed by atoms with Crippen LogP contribution in [0.5, 0.6) is 0 Å². The van der Waals surface area contributed by atoms with Crippen LogP contribution in [0, 0.1) is 0 Å². The number of nitrogens with two attached hydrogens (primary N) is 1. The Morgan fingerprint density at radius 1 is 1.59 bits per heavy atom. The second-order valence-electron chi connectivity index (χ2n) is 4.64. The fourth-order valence-electron chi connectivity index (χ4n) is 2.07. The number of nitrogens with zero attached hydrogens (tertiary/aromatic N) is 1. The van der Waals surface area contributed by atoms with Crippen molar-refractivity contribution in [3.8, 4) is 0 Å². The molecule has 1 aliphatic heterocycles. The molecular formula is C11H18N2O3S. The predicted octanol–water partition coefficient (Wildman–Crippen LogP) is 1.20. The fraction of sp³-hybridized carbons (Fsp3) is 0.727. The molecule has 0 spiro atoms. The lowest BCUT2D eigenvalue weighted by molar-refractivity contribution is 0.466. The molecule has 17 heavy (non-hydrogen) atoms. The monoisotopic (exact) mass is 258 g/mol. The highest BCUT2D eigenvalue weighted by Gasteiger charge is 2.30. The highest BCUT2D eigenvalue weighted by molar-refractivity contribution is 7.92. The van der Waals surface area contributed by atoms with E-state index in [0.717, 1.165) is 12.8 Å². The fourth-order valence-corrected chi connectivity index (χ4v) is 3.94. The smallest absolute Gasteiger partial charge is 0.195 e. The van der Waals surface area contributed by atoms with Crippen LogP contribution in [0.2, 0.25) is 0 Å². The Labute approximate surface area is 101 Å². The van der Waals surface area contributed by atoms with E-state index in [1.165, 1.54) is 6.26 Å². The summed E-state index contributed by atoms with van der Waals surface area (Å²) in [5, 5.41) is -0.337. The van der Waals surface area contributed by atoms with E-state index in [1.54, 1.807) is 0 Å². The van der Waals surface area contributed by atoms with Gasteiger partial charge >= 0.3 is 0 Å². The van der Waals surface area contributed by atoms with Gasteiger partial charge in [0.1, 0.15) is 6.26 Å². The molecule has 0 aliphatic carbocycles. The summed E-state index contributed by atoms with van der Waals surface area (Å²) < 4.78 is 28.9. The minimum atomic E-state index is -2.96. The molecule has 1 aromatic rings. The summed E-state index contributed by atoms with van der Waals surface area (Å²) in [7, 11) is -2.96. The number of aromatic nitrogens is 1.